The van der Waals surface area contributed by atoms with Gasteiger partial charge in [-0.15, -0.1) is 0 Å². The number of carbonyl (C=O) groups excluding carboxylic acids is 1. The summed E-state index contributed by atoms with van der Waals surface area (Å²) in [6.45, 7) is 13.4. The molecule has 0 spiro atoms. The van der Waals surface area contributed by atoms with E-state index >= 15 is 0 Å². The van der Waals surface area contributed by atoms with Gasteiger partial charge in [-0.05, 0) is 86.2 Å². The van der Waals surface area contributed by atoms with Crippen LogP contribution in [0.1, 0.15) is 65.9 Å². The Morgan fingerprint density at radius 3 is 1.64 bits per heavy atom. The highest BCUT2D eigenvalue weighted by Crippen LogP contribution is 2.37. The van der Waals surface area contributed by atoms with Crippen LogP contribution in [0.4, 0.5) is 11.4 Å². The average Bonchev–Trinajstić information content (AvgIpc) is 2.99. The predicted octanol–water partition coefficient (Wildman–Crippen LogP) is 8.53. The zero-order valence-corrected chi connectivity index (χ0v) is 26.2. The Bertz CT molecular complexity index is 1420. The van der Waals surface area contributed by atoms with Crippen molar-refractivity contribution in [2.24, 2.45) is 22.7 Å². The van der Waals surface area contributed by atoms with E-state index in [1.807, 2.05) is 75.4 Å². The Morgan fingerprint density at radius 1 is 0.727 bits per heavy atom. The number of rotatable bonds is 9. The minimum absolute atomic E-state index is 0.182. The maximum absolute atomic E-state index is 12.6. The van der Waals surface area contributed by atoms with Crippen LogP contribution in [0.25, 0.3) is 5.70 Å². The number of benzene rings is 3. The molecular weight excluding hydrogens is 556 g/mol. The highest BCUT2D eigenvalue weighted by molar-refractivity contribution is 5.95. The molecular formula is C36H44N2O6. The van der Waals surface area contributed by atoms with Crippen LogP contribution in [0.15, 0.2) is 85.4 Å². The van der Waals surface area contributed by atoms with E-state index in [4.69, 9.17) is 9.84 Å². The second-order valence-corrected chi connectivity index (χ2v) is 12.6. The van der Waals surface area contributed by atoms with Crippen molar-refractivity contribution in [2.45, 2.75) is 60.3 Å². The highest BCUT2D eigenvalue weighted by Gasteiger charge is 2.39. The maximum atomic E-state index is 12.6. The Hall–Kier alpha value is -4.59. The number of ether oxygens (including phenoxy) is 1. The van der Waals surface area contributed by atoms with E-state index in [1.165, 1.54) is 0 Å². The molecule has 0 saturated heterocycles. The summed E-state index contributed by atoms with van der Waals surface area (Å²) in [5.74, 6) is -1.66. The van der Waals surface area contributed by atoms with E-state index in [0.717, 1.165) is 29.8 Å². The molecule has 4 rings (SSSR count). The largest absolute Gasteiger partial charge is 0.481 e. The number of carboxylic acids is 2. The lowest BCUT2D eigenvalue weighted by Gasteiger charge is -2.34. The van der Waals surface area contributed by atoms with Gasteiger partial charge in [0.05, 0.1) is 17.3 Å². The number of hydrogen-bond donors (Lipinski definition) is 4. The van der Waals surface area contributed by atoms with E-state index in [0.29, 0.717) is 30.0 Å². The summed E-state index contributed by atoms with van der Waals surface area (Å²) in [5.41, 5.74) is 2.53. The van der Waals surface area contributed by atoms with Crippen LogP contribution >= 0.6 is 0 Å². The number of anilines is 2. The van der Waals surface area contributed by atoms with E-state index in [1.54, 1.807) is 38.1 Å². The normalized spacial score (nSPS) is 16.5. The van der Waals surface area contributed by atoms with E-state index < -0.39 is 29.2 Å². The van der Waals surface area contributed by atoms with Gasteiger partial charge in [-0.2, -0.15) is 0 Å². The van der Waals surface area contributed by atoms with Crippen molar-refractivity contribution in [3.8, 4) is 11.5 Å². The number of carbonyl (C=O) groups is 3. The average molecular weight is 601 g/mol. The quantitative estimate of drug-likeness (QED) is 0.194. The van der Waals surface area contributed by atoms with Crippen LogP contribution in [0.3, 0.4) is 0 Å². The molecule has 0 radical (unpaired) electrons. The maximum Gasteiger partial charge on any atom is 0.309 e. The second kappa shape index (κ2) is 14.7. The van der Waals surface area contributed by atoms with Crippen molar-refractivity contribution in [3.05, 3.63) is 91.0 Å². The lowest BCUT2D eigenvalue weighted by atomic mass is 9.69. The molecule has 0 unspecified atom stereocenters. The predicted molar refractivity (Wildman–Crippen MR) is 175 cm³/mol. The zero-order chi connectivity index (χ0) is 32.5. The molecule has 44 heavy (non-hydrogen) atoms. The lowest BCUT2D eigenvalue weighted by molar-refractivity contribution is -0.153. The van der Waals surface area contributed by atoms with Crippen molar-refractivity contribution in [3.63, 3.8) is 0 Å². The summed E-state index contributed by atoms with van der Waals surface area (Å²) in [7, 11) is 0. The Morgan fingerprint density at radius 2 is 1.20 bits per heavy atom. The molecule has 1 amide bonds. The van der Waals surface area contributed by atoms with Crippen LogP contribution in [0, 0.1) is 22.7 Å². The molecule has 0 aromatic heterocycles. The Balaban J connectivity index is 0.000000456. The van der Waals surface area contributed by atoms with Crippen LogP contribution < -0.4 is 15.4 Å². The number of hydrogen-bond acceptors (Lipinski definition) is 5. The highest BCUT2D eigenvalue weighted by atomic mass is 16.5. The first-order valence-corrected chi connectivity index (χ1v) is 14.9. The van der Waals surface area contributed by atoms with Gasteiger partial charge in [-0.3, -0.25) is 14.4 Å². The third kappa shape index (κ3) is 9.20. The molecule has 3 aromatic rings. The smallest absolute Gasteiger partial charge is 0.309 e. The van der Waals surface area contributed by atoms with Crippen LogP contribution in [0.2, 0.25) is 0 Å². The van der Waals surface area contributed by atoms with Crippen molar-refractivity contribution >= 4 is 34.9 Å². The summed E-state index contributed by atoms with van der Waals surface area (Å²) < 4.78 is 5.91. The summed E-state index contributed by atoms with van der Waals surface area (Å²) in [5, 5.41) is 24.3. The number of aliphatic carboxylic acids is 2. The molecule has 234 valence electrons. The minimum Gasteiger partial charge on any atom is -0.481 e. The molecule has 1 fully saturated rings. The molecule has 4 N–H and O–H groups in total. The lowest BCUT2D eigenvalue weighted by Crippen LogP contribution is -2.37. The van der Waals surface area contributed by atoms with Crippen molar-refractivity contribution < 1.29 is 29.3 Å². The molecule has 0 bridgehead atoms. The second-order valence-electron chi connectivity index (χ2n) is 12.6. The van der Waals surface area contributed by atoms with Gasteiger partial charge in [-0.25, -0.2) is 0 Å². The molecule has 0 aliphatic heterocycles. The summed E-state index contributed by atoms with van der Waals surface area (Å²) in [6.07, 6.45) is 2.89. The van der Waals surface area contributed by atoms with E-state index in [-0.39, 0.29) is 11.3 Å². The molecule has 0 heterocycles. The summed E-state index contributed by atoms with van der Waals surface area (Å²) in [6, 6.07) is 24.5. The van der Waals surface area contributed by atoms with Gasteiger partial charge in [0.15, 0.2) is 0 Å². The standard InChI is InChI=1S/C28H28N2O4.C8H16O2/c1-19(20-7-3-2-4-8-20)29-21-11-15-23(16-12-21)34-24-17-13-22(14-18-24)30-27(31)25-9-5-6-10-26(25)28(32)33;1-7(2,3)8(4,5)6(9)10/h2-4,7-8,11-18,25-26,29H,1,5-6,9-10H2,(H,30,31)(H,32,33);1-5H3,(H,9,10)/t25-,26+;/m0./s1. The first-order valence-electron chi connectivity index (χ1n) is 14.9. The number of carboxylic acid groups (broad SMARTS) is 2. The van der Waals surface area contributed by atoms with Gasteiger partial charge in [-0.1, -0.05) is 70.5 Å². The Labute approximate surface area is 260 Å². The first kappa shape index (κ1) is 33.9. The third-order valence-corrected chi connectivity index (χ3v) is 8.46. The fourth-order valence-electron chi connectivity index (χ4n) is 4.53. The van der Waals surface area contributed by atoms with E-state index in [2.05, 4.69) is 17.2 Å². The van der Waals surface area contributed by atoms with Crippen LogP contribution in [-0.2, 0) is 14.4 Å². The van der Waals surface area contributed by atoms with Crippen LogP contribution in [0.5, 0.6) is 11.5 Å². The minimum atomic E-state index is -0.894. The molecule has 8 heteroatoms. The van der Waals surface area contributed by atoms with Gasteiger partial charge < -0.3 is 25.6 Å². The Kier molecular flexibility index (Phi) is 11.4. The van der Waals surface area contributed by atoms with Gasteiger partial charge in [0.1, 0.15) is 11.5 Å². The SMILES string of the molecule is C=C(Nc1ccc(Oc2ccc(NC(=O)[C@H]3CCCC[C@H]3C(=O)O)cc2)cc1)c1ccccc1.CC(C)(C)C(C)(C)C(=O)O. The van der Waals surface area contributed by atoms with E-state index in [9.17, 15) is 19.5 Å². The monoisotopic (exact) mass is 600 g/mol. The first-order chi connectivity index (χ1) is 20.7. The fraction of sp³-hybridized carbons (Fsp3) is 0.361. The van der Waals surface area contributed by atoms with Crippen molar-refractivity contribution in [1.29, 1.82) is 0 Å². The molecule has 8 nitrogen and oxygen atoms in total. The fourth-order valence-corrected chi connectivity index (χ4v) is 4.53. The van der Waals surface area contributed by atoms with Crippen LogP contribution in [-0.4, -0.2) is 28.1 Å². The third-order valence-electron chi connectivity index (χ3n) is 8.46. The van der Waals surface area contributed by atoms with Crippen molar-refractivity contribution in [1.82, 2.24) is 0 Å². The topological polar surface area (TPSA) is 125 Å². The van der Waals surface area contributed by atoms with Gasteiger partial charge in [0.25, 0.3) is 0 Å². The zero-order valence-electron chi connectivity index (χ0n) is 26.2. The van der Waals surface area contributed by atoms with Gasteiger partial charge >= 0.3 is 11.9 Å². The molecule has 1 aliphatic carbocycles. The summed E-state index contributed by atoms with van der Waals surface area (Å²) in [4.78, 5) is 34.8. The number of nitrogens with one attached hydrogen (secondary N) is 2. The van der Waals surface area contributed by atoms with Crippen molar-refractivity contribution in [2.75, 3.05) is 10.6 Å². The molecule has 3 aromatic carbocycles. The molecule has 1 aliphatic rings. The molecule has 1 saturated carbocycles. The number of amides is 1. The van der Waals surface area contributed by atoms with Gasteiger partial charge in [0, 0.05) is 17.1 Å². The van der Waals surface area contributed by atoms with Gasteiger partial charge in [0.2, 0.25) is 5.91 Å². The molecule has 2 atom stereocenters. The summed E-state index contributed by atoms with van der Waals surface area (Å²) >= 11 is 0.